The van der Waals surface area contributed by atoms with Gasteiger partial charge >= 0.3 is 6.09 Å². The molecule has 0 saturated carbocycles. The van der Waals surface area contributed by atoms with E-state index in [1.54, 1.807) is 12.1 Å². The molecule has 1 amide bonds. The van der Waals surface area contributed by atoms with Crippen molar-refractivity contribution in [2.75, 3.05) is 44.2 Å². The highest BCUT2D eigenvalue weighted by atomic mass is 16.6. The number of benzene rings is 1. The number of nitro benzene ring substituents is 1. The van der Waals surface area contributed by atoms with E-state index in [0.717, 1.165) is 77.1 Å². The number of anilines is 1. The van der Waals surface area contributed by atoms with Crippen LogP contribution in [0, 0.1) is 15.5 Å². The first-order valence-electron chi connectivity index (χ1n) is 11.9. The molecule has 1 aromatic rings. The van der Waals surface area contributed by atoms with Crippen molar-refractivity contribution in [3.63, 3.8) is 0 Å². The number of amides is 1. The van der Waals surface area contributed by atoms with Crippen LogP contribution in [0.3, 0.4) is 0 Å². The number of hydrogen-bond acceptors (Lipinski definition) is 6. The van der Waals surface area contributed by atoms with Crippen LogP contribution in [0.1, 0.15) is 52.9 Å². The molecule has 0 unspecified atom stereocenters. The van der Waals surface area contributed by atoms with E-state index in [-0.39, 0.29) is 22.1 Å². The van der Waals surface area contributed by atoms with Crippen LogP contribution in [0.15, 0.2) is 24.3 Å². The van der Waals surface area contributed by atoms with Crippen molar-refractivity contribution in [1.29, 1.82) is 0 Å². The highest BCUT2D eigenvalue weighted by Gasteiger charge is 2.44. The summed E-state index contributed by atoms with van der Waals surface area (Å²) in [6, 6.07) is 7.51. The summed E-state index contributed by atoms with van der Waals surface area (Å²) in [5, 5.41) is 10.9. The highest BCUT2D eigenvalue weighted by Crippen LogP contribution is 2.41. The minimum Gasteiger partial charge on any atom is -0.444 e. The molecule has 8 nitrogen and oxygen atoms in total. The third-order valence-corrected chi connectivity index (χ3v) is 7.36. The topological polar surface area (TPSA) is 79.2 Å². The second-order valence-corrected chi connectivity index (χ2v) is 10.7. The zero-order valence-electron chi connectivity index (χ0n) is 19.6. The average Bonchev–Trinajstić information content (AvgIpc) is 3.17. The SMILES string of the molecule is CC(C)(C)OC(=O)N1CCC2(CCN(C3CCN(c4ccc([N+](=O)[O-])cc4)CC3)CC2)C1. The number of ether oxygens (including phenoxy) is 1. The molecule has 3 fully saturated rings. The highest BCUT2D eigenvalue weighted by molar-refractivity contribution is 5.68. The number of hydrogen-bond donors (Lipinski definition) is 0. The van der Waals surface area contributed by atoms with Crippen molar-refractivity contribution >= 4 is 17.5 Å². The van der Waals surface area contributed by atoms with Gasteiger partial charge in [0.1, 0.15) is 5.60 Å². The van der Waals surface area contributed by atoms with Crippen molar-refractivity contribution in [2.24, 2.45) is 5.41 Å². The van der Waals surface area contributed by atoms with Gasteiger partial charge in [-0.2, -0.15) is 0 Å². The zero-order valence-corrected chi connectivity index (χ0v) is 19.6. The molecule has 32 heavy (non-hydrogen) atoms. The normalized spacial score (nSPS) is 22.3. The van der Waals surface area contributed by atoms with Crippen molar-refractivity contribution in [1.82, 2.24) is 9.80 Å². The molecule has 1 spiro atoms. The predicted molar refractivity (Wildman–Crippen MR) is 124 cm³/mol. The van der Waals surface area contributed by atoms with Gasteiger partial charge in [0, 0.05) is 50.0 Å². The molecular weight excluding hydrogens is 408 g/mol. The third-order valence-electron chi connectivity index (χ3n) is 7.36. The van der Waals surface area contributed by atoms with Gasteiger partial charge in [-0.1, -0.05) is 0 Å². The van der Waals surface area contributed by atoms with E-state index in [0.29, 0.717) is 6.04 Å². The Labute approximate surface area is 190 Å². The van der Waals surface area contributed by atoms with Gasteiger partial charge in [-0.25, -0.2) is 4.79 Å². The van der Waals surface area contributed by atoms with Crippen LogP contribution in [-0.4, -0.2) is 71.7 Å². The maximum atomic E-state index is 12.5. The molecule has 176 valence electrons. The number of rotatable bonds is 3. The lowest BCUT2D eigenvalue weighted by Crippen LogP contribution is -2.50. The summed E-state index contributed by atoms with van der Waals surface area (Å²) >= 11 is 0. The molecule has 1 aromatic carbocycles. The Morgan fingerprint density at radius 1 is 1.03 bits per heavy atom. The van der Waals surface area contributed by atoms with Crippen LogP contribution >= 0.6 is 0 Å². The average molecular weight is 445 g/mol. The fourth-order valence-electron chi connectivity index (χ4n) is 5.46. The first kappa shape index (κ1) is 22.8. The van der Waals surface area contributed by atoms with E-state index in [9.17, 15) is 14.9 Å². The molecule has 0 aromatic heterocycles. The number of nitro groups is 1. The van der Waals surface area contributed by atoms with Crippen LogP contribution in [0.5, 0.6) is 0 Å². The molecule has 3 aliphatic rings. The molecule has 0 N–H and O–H groups in total. The zero-order chi connectivity index (χ0) is 22.9. The van der Waals surface area contributed by atoms with Gasteiger partial charge in [0.2, 0.25) is 0 Å². The second-order valence-electron chi connectivity index (χ2n) is 10.7. The first-order valence-corrected chi connectivity index (χ1v) is 11.9. The number of carbonyl (C=O) groups is 1. The largest absolute Gasteiger partial charge is 0.444 e. The summed E-state index contributed by atoms with van der Waals surface area (Å²) in [6.07, 6.45) is 5.44. The molecule has 0 aliphatic carbocycles. The van der Waals surface area contributed by atoms with Crippen LogP contribution < -0.4 is 4.90 Å². The van der Waals surface area contributed by atoms with Crippen LogP contribution in [-0.2, 0) is 4.74 Å². The Morgan fingerprint density at radius 3 is 2.19 bits per heavy atom. The van der Waals surface area contributed by atoms with Crippen LogP contribution in [0.4, 0.5) is 16.2 Å². The molecule has 3 heterocycles. The van der Waals surface area contributed by atoms with E-state index in [1.165, 1.54) is 0 Å². The van der Waals surface area contributed by atoms with Crippen LogP contribution in [0.2, 0.25) is 0 Å². The molecule has 0 radical (unpaired) electrons. The van der Waals surface area contributed by atoms with E-state index in [2.05, 4.69) is 9.80 Å². The van der Waals surface area contributed by atoms with Crippen LogP contribution in [0.25, 0.3) is 0 Å². The summed E-state index contributed by atoms with van der Waals surface area (Å²) in [5.74, 6) is 0. The van der Waals surface area contributed by atoms with Crippen molar-refractivity contribution in [3.05, 3.63) is 34.4 Å². The van der Waals surface area contributed by atoms with E-state index in [4.69, 9.17) is 4.74 Å². The molecule has 0 bridgehead atoms. The van der Waals surface area contributed by atoms with Gasteiger partial charge in [-0.3, -0.25) is 10.1 Å². The van der Waals surface area contributed by atoms with Crippen molar-refractivity contribution < 1.29 is 14.5 Å². The van der Waals surface area contributed by atoms with Gasteiger partial charge in [0.15, 0.2) is 0 Å². The molecule has 3 aliphatic heterocycles. The molecular formula is C24H36N4O4. The fraction of sp³-hybridized carbons (Fsp3) is 0.708. The summed E-state index contributed by atoms with van der Waals surface area (Å²) < 4.78 is 5.58. The third kappa shape index (κ3) is 5.17. The van der Waals surface area contributed by atoms with Crippen molar-refractivity contribution in [3.8, 4) is 0 Å². The number of likely N-dealkylation sites (tertiary alicyclic amines) is 2. The minimum atomic E-state index is -0.445. The smallest absolute Gasteiger partial charge is 0.410 e. The quantitative estimate of drug-likeness (QED) is 0.511. The lowest BCUT2D eigenvalue weighted by molar-refractivity contribution is -0.384. The predicted octanol–water partition coefficient (Wildman–Crippen LogP) is 4.29. The van der Waals surface area contributed by atoms with Crippen molar-refractivity contribution in [2.45, 2.75) is 64.5 Å². The second kappa shape index (κ2) is 8.89. The maximum Gasteiger partial charge on any atom is 0.410 e. The Morgan fingerprint density at radius 2 is 1.62 bits per heavy atom. The Kier molecular flexibility index (Phi) is 6.34. The lowest BCUT2D eigenvalue weighted by Gasteiger charge is -2.45. The van der Waals surface area contributed by atoms with E-state index >= 15 is 0 Å². The van der Waals surface area contributed by atoms with Gasteiger partial charge in [-0.05, 0) is 83.5 Å². The Bertz CT molecular complexity index is 819. The minimum absolute atomic E-state index is 0.142. The van der Waals surface area contributed by atoms with Gasteiger partial charge in [0.05, 0.1) is 4.92 Å². The van der Waals surface area contributed by atoms with E-state index in [1.807, 2.05) is 37.8 Å². The molecule has 8 heteroatoms. The fourth-order valence-corrected chi connectivity index (χ4v) is 5.46. The lowest BCUT2D eigenvalue weighted by atomic mass is 9.77. The van der Waals surface area contributed by atoms with E-state index < -0.39 is 5.60 Å². The van der Waals surface area contributed by atoms with Gasteiger partial charge < -0.3 is 19.4 Å². The number of nitrogens with zero attached hydrogens (tertiary/aromatic N) is 4. The number of non-ortho nitro benzene ring substituents is 1. The van der Waals surface area contributed by atoms with Gasteiger partial charge in [-0.15, -0.1) is 0 Å². The maximum absolute atomic E-state index is 12.5. The molecule has 0 atom stereocenters. The number of piperidine rings is 2. The monoisotopic (exact) mass is 444 g/mol. The summed E-state index contributed by atoms with van der Waals surface area (Å²) in [4.78, 5) is 29.9. The summed E-state index contributed by atoms with van der Waals surface area (Å²) in [5.41, 5.74) is 1.02. The number of carbonyl (C=O) groups excluding carboxylic acids is 1. The summed E-state index contributed by atoms with van der Waals surface area (Å²) in [6.45, 7) is 11.6. The molecule has 4 rings (SSSR count). The summed E-state index contributed by atoms with van der Waals surface area (Å²) in [7, 11) is 0. The standard InChI is InChI=1S/C24H36N4O4/c1-23(2,3)32-22(29)27-17-12-24(18-27)10-15-26(16-11-24)20-8-13-25(14-9-20)19-4-6-21(7-5-19)28(30)31/h4-7,20H,8-18H2,1-3H3. The molecule has 3 saturated heterocycles. The Balaban J connectivity index is 1.24. The van der Waals surface area contributed by atoms with Gasteiger partial charge in [0.25, 0.3) is 5.69 Å². The Hall–Kier alpha value is -2.35. The first-order chi connectivity index (χ1) is 15.1.